The van der Waals surface area contributed by atoms with Crippen LogP contribution in [0.4, 0.5) is 0 Å². The summed E-state index contributed by atoms with van der Waals surface area (Å²) in [6.07, 6.45) is 2.09. The van der Waals surface area contributed by atoms with Crippen LogP contribution in [0.15, 0.2) is 0 Å². The van der Waals surface area contributed by atoms with Crippen LogP contribution < -0.4 is 0 Å². The molecule has 19 heavy (non-hydrogen) atoms. The lowest BCUT2D eigenvalue weighted by molar-refractivity contribution is -0.134. The fourth-order valence-electron chi connectivity index (χ4n) is 2.40. The predicted octanol–water partition coefficient (Wildman–Crippen LogP) is 1.79. The lowest BCUT2D eigenvalue weighted by atomic mass is 10.1. The van der Waals surface area contributed by atoms with E-state index in [1.807, 2.05) is 18.7 Å². The Bertz CT molecular complexity index is 465. The van der Waals surface area contributed by atoms with Crippen molar-refractivity contribution < 1.29 is 9.53 Å². The number of methoxy groups -OCH3 is 1. The Balaban J connectivity index is 1.96. The van der Waals surface area contributed by atoms with Crippen molar-refractivity contribution in [3.63, 3.8) is 0 Å². The van der Waals surface area contributed by atoms with E-state index in [0.717, 1.165) is 37.3 Å². The van der Waals surface area contributed by atoms with E-state index < -0.39 is 0 Å². The number of amides is 1. The smallest absolute Gasteiger partial charge is 0.244 e. The number of aryl methyl sites for hydroxylation is 1. The number of carbonyl (C=O) groups is 1. The average Bonchev–Trinajstić information content (AvgIpc) is 2.66. The fraction of sp³-hybridized carbons (Fsp3) is 0.692. The minimum Gasteiger partial charge on any atom is -0.381 e. The quantitative estimate of drug-likeness (QED) is 0.851. The monoisotopic (exact) mass is 285 g/mol. The van der Waals surface area contributed by atoms with Crippen LogP contribution in [0.5, 0.6) is 0 Å². The van der Waals surface area contributed by atoms with Gasteiger partial charge in [-0.25, -0.2) is 0 Å². The number of rotatable bonds is 3. The van der Waals surface area contributed by atoms with Gasteiger partial charge in [-0.05, 0) is 26.7 Å². The van der Waals surface area contributed by atoms with E-state index in [1.54, 1.807) is 11.8 Å². The van der Waals surface area contributed by atoms with Crippen LogP contribution in [0.1, 0.15) is 24.2 Å². The van der Waals surface area contributed by atoms with Gasteiger partial charge in [0, 0.05) is 20.2 Å². The molecule has 1 aromatic rings. The maximum Gasteiger partial charge on any atom is 0.244 e. The zero-order valence-electron chi connectivity index (χ0n) is 11.6. The molecule has 1 aliphatic rings. The van der Waals surface area contributed by atoms with Gasteiger partial charge in [0.1, 0.15) is 6.54 Å². The summed E-state index contributed by atoms with van der Waals surface area (Å²) in [6.45, 7) is 5.50. The molecule has 106 valence electrons. The molecular weight excluding hydrogens is 266 g/mol. The first-order chi connectivity index (χ1) is 9.02. The normalized spacial score (nSPS) is 16.9. The summed E-state index contributed by atoms with van der Waals surface area (Å²) >= 11 is 6.08. The molecule has 0 radical (unpaired) electrons. The van der Waals surface area contributed by atoms with Gasteiger partial charge in [-0.3, -0.25) is 9.48 Å². The highest BCUT2D eigenvalue weighted by Crippen LogP contribution is 2.19. The van der Waals surface area contributed by atoms with Crippen LogP contribution in [0.25, 0.3) is 0 Å². The van der Waals surface area contributed by atoms with Crippen LogP contribution in [0.2, 0.25) is 5.02 Å². The molecule has 5 nitrogen and oxygen atoms in total. The first-order valence-corrected chi connectivity index (χ1v) is 6.90. The van der Waals surface area contributed by atoms with E-state index >= 15 is 0 Å². The summed E-state index contributed by atoms with van der Waals surface area (Å²) in [6, 6.07) is 0. The van der Waals surface area contributed by atoms with Gasteiger partial charge in [-0.15, -0.1) is 0 Å². The van der Waals surface area contributed by atoms with Crippen molar-refractivity contribution in [3.8, 4) is 0 Å². The van der Waals surface area contributed by atoms with Crippen molar-refractivity contribution in [1.82, 2.24) is 14.7 Å². The summed E-state index contributed by atoms with van der Waals surface area (Å²) < 4.78 is 6.99. The van der Waals surface area contributed by atoms with E-state index in [0.29, 0.717) is 5.02 Å². The van der Waals surface area contributed by atoms with Gasteiger partial charge in [0.05, 0.1) is 22.5 Å². The van der Waals surface area contributed by atoms with E-state index in [-0.39, 0.29) is 18.6 Å². The van der Waals surface area contributed by atoms with Crippen molar-refractivity contribution in [2.24, 2.45) is 0 Å². The number of aromatic nitrogens is 2. The average molecular weight is 286 g/mol. The zero-order chi connectivity index (χ0) is 14.0. The molecule has 1 amide bonds. The van der Waals surface area contributed by atoms with Gasteiger partial charge < -0.3 is 9.64 Å². The molecular formula is C13H20ClN3O2. The minimum atomic E-state index is 0.0943. The molecule has 0 N–H and O–H groups in total. The highest BCUT2D eigenvalue weighted by atomic mass is 35.5. The fourth-order valence-corrected chi connectivity index (χ4v) is 2.53. The van der Waals surface area contributed by atoms with E-state index in [9.17, 15) is 4.79 Å². The molecule has 2 rings (SSSR count). The first kappa shape index (κ1) is 14.3. The summed E-state index contributed by atoms with van der Waals surface area (Å²) in [7, 11) is 1.72. The van der Waals surface area contributed by atoms with Crippen LogP contribution in [-0.4, -0.2) is 46.9 Å². The summed E-state index contributed by atoms with van der Waals surface area (Å²) in [5, 5.41) is 4.93. The van der Waals surface area contributed by atoms with Crippen molar-refractivity contribution in [2.45, 2.75) is 39.3 Å². The molecule has 0 spiro atoms. The van der Waals surface area contributed by atoms with E-state index in [4.69, 9.17) is 16.3 Å². The second-order valence-electron chi connectivity index (χ2n) is 4.96. The Kier molecular flexibility index (Phi) is 4.47. The summed E-state index contributed by atoms with van der Waals surface area (Å²) in [5.41, 5.74) is 1.62. The Hall–Kier alpha value is -1.07. The van der Waals surface area contributed by atoms with Gasteiger partial charge in [0.15, 0.2) is 0 Å². The number of hydrogen-bond acceptors (Lipinski definition) is 3. The number of piperidine rings is 1. The number of hydrogen-bond donors (Lipinski definition) is 0. The highest BCUT2D eigenvalue weighted by molar-refractivity contribution is 6.31. The molecule has 0 aromatic carbocycles. The summed E-state index contributed by atoms with van der Waals surface area (Å²) in [5.74, 6) is 0.0943. The number of likely N-dealkylation sites (tertiary alicyclic amines) is 1. The van der Waals surface area contributed by atoms with Crippen LogP contribution >= 0.6 is 11.6 Å². The van der Waals surface area contributed by atoms with Crippen molar-refractivity contribution in [2.75, 3.05) is 20.2 Å². The third-order valence-electron chi connectivity index (χ3n) is 3.71. The first-order valence-electron chi connectivity index (χ1n) is 6.53. The zero-order valence-corrected chi connectivity index (χ0v) is 12.4. The van der Waals surface area contributed by atoms with Gasteiger partial charge in [-0.2, -0.15) is 5.10 Å². The van der Waals surface area contributed by atoms with Gasteiger partial charge in [-0.1, -0.05) is 11.6 Å². The Morgan fingerprint density at radius 3 is 2.53 bits per heavy atom. The van der Waals surface area contributed by atoms with Crippen LogP contribution in [0, 0.1) is 13.8 Å². The predicted molar refractivity (Wildman–Crippen MR) is 73.3 cm³/mol. The Labute approximate surface area is 118 Å². The molecule has 1 saturated heterocycles. The second-order valence-corrected chi connectivity index (χ2v) is 5.34. The SMILES string of the molecule is COC1CCN(C(=O)Cn2nc(C)c(Cl)c2C)CC1. The van der Waals surface area contributed by atoms with E-state index in [1.165, 1.54) is 0 Å². The lowest BCUT2D eigenvalue weighted by Gasteiger charge is -2.31. The topological polar surface area (TPSA) is 47.4 Å². The molecule has 0 aliphatic carbocycles. The molecule has 1 fully saturated rings. The molecule has 0 unspecified atom stereocenters. The Morgan fingerprint density at radius 1 is 1.42 bits per heavy atom. The van der Waals surface area contributed by atoms with Crippen LogP contribution in [0.3, 0.4) is 0 Å². The standard InChI is InChI=1S/C13H20ClN3O2/c1-9-13(14)10(2)17(15-9)8-12(18)16-6-4-11(19-3)5-7-16/h11H,4-8H2,1-3H3. The minimum absolute atomic E-state index is 0.0943. The number of halogens is 1. The third-order valence-corrected chi connectivity index (χ3v) is 4.25. The largest absolute Gasteiger partial charge is 0.381 e. The molecule has 0 bridgehead atoms. The number of ether oxygens (including phenoxy) is 1. The van der Waals surface area contributed by atoms with Gasteiger partial charge in [0.25, 0.3) is 0 Å². The lowest BCUT2D eigenvalue weighted by Crippen LogP contribution is -2.42. The molecule has 0 atom stereocenters. The molecule has 1 aromatic heterocycles. The molecule has 6 heteroatoms. The maximum atomic E-state index is 12.2. The van der Waals surface area contributed by atoms with Gasteiger partial charge in [0.2, 0.25) is 5.91 Å². The number of nitrogens with zero attached hydrogens (tertiary/aromatic N) is 3. The third kappa shape index (κ3) is 3.09. The van der Waals surface area contributed by atoms with Crippen LogP contribution in [-0.2, 0) is 16.1 Å². The van der Waals surface area contributed by atoms with Crippen molar-refractivity contribution in [3.05, 3.63) is 16.4 Å². The summed E-state index contributed by atoms with van der Waals surface area (Å²) in [4.78, 5) is 14.1. The highest BCUT2D eigenvalue weighted by Gasteiger charge is 2.23. The van der Waals surface area contributed by atoms with Crippen molar-refractivity contribution >= 4 is 17.5 Å². The number of carbonyl (C=O) groups excluding carboxylic acids is 1. The Morgan fingerprint density at radius 2 is 2.05 bits per heavy atom. The maximum absolute atomic E-state index is 12.2. The van der Waals surface area contributed by atoms with E-state index in [2.05, 4.69) is 5.10 Å². The molecule has 2 heterocycles. The second kappa shape index (κ2) is 5.92. The molecule has 0 saturated carbocycles. The molecule has 1 aliphatic heterocycles. The van der Waals surface area contributed by atoms with Crippen molar-refractivity contribution in [1.29, 1.82) is 0 Å². The van der Waals surface area contributed by atoms with Gasteiger partial charge >= 0.3 is 0 Å².